The van der Waals surface area contributed by atoms with Crippen molar-refractivity contribution in [3.05, 3.63) is 35.4 Å². The Morgan fingerprint density at radius 3 is 2.50 bits per heavy atom. The van der Waals surface area contributed by atoms with E-state index in [0.717, 1.165) is 6.42 Å². The van der Waals surface area contributed by atoms with Gasteiger partial charge < -0.3 is 5.32 Å². The van der Waals surface area contributed by atoms with Gasteiger partial charge in [-0.15, -0.1) is 11.6 Å². The fourth-order valence-electron chi connectivity index (χ4n) is 1.61. The first kappa shape index (κ1) is 13.0. The van der Waals surface area contributed by atoms with Gasteiger partial charge in [-0.2, -0.15) is 0 Å². The predicted octanol–water partition coefficient (Wildman–Crippen LogP) is 2.74. The van der Waals surface area contributed by atoms with E-state index in [4.69, 9.17) is 11.6 Å². The topological polar surface area (TPSA) is 29.1 Å². The first-order valence-corrected chi connectivity index (χ1v) is 6.06. The predicted molar refractivity (Wildman–Crippen MR) is 67.6 cm³/mol. The molecule has 0 radical (unpaired) electrons. The number of hydrogen-bond acceptors (Lipinski definition) is 1. The summed E-state index contributed by atoms with van der Waals surface area (Å²) >= 11 is 5.43. The summed E-state index contributed by atoms with van der Waals surface area (Å²) in [6.45, 7) is 4.94. The second-order valence-electron chi connectivity index (χ2n) is 4.28. The van der Waals surface area contributed by atoms with Gasteiger partial charge in [0, 0.05) is 6.54 Å². The lowest BCUT2D eigenvalue weighted by Gasteiger charge is -2.11. The zero-order valence-corrected chi connectivity index (χ0v) is 10.6. The summed E-state index contributed by atoms with van der Waals surface area (Å²) in [5.74, 6) is 0.512. The molecule has 0 unspecified atom stereocenters. The van der Waals surface area contributed by atoms with Crippen molar-refractivity contribution < 1.29 is 4.79 Å². The molecule has 0 fully saturated rings. The Kier molecular flexibility index (Phi) is 5.33. The minimum atomic E-state index is -0.124. The van der Waals surface area contributed by atoms with E-state index in [-0.39, 0.29) is 11.8 Å². The monoisotopic (exact) mass is 239 g/mol. The van der Waals surface area contributed by atoms with Crippen LogP contribution in [0.25, 0.3) is 0 Å². The van der Waals surface area contributed by atoms with Crippen molar-refractivity contribution in [2.24, 2.45) is 5.92 Å². The average molecular weight is 240 g/mol. The largest absolute Gasteiger partial charge is 0.351 e. The summed E-state index contributed by atoms with van der Waals surface area (Å²) < 4.78 is 0. The molecule has 0 saturated heterocycles. The third-order valence-corrected chi connectivity index (χ3v) is 2.59. The normalized spacial score (nSPS) is 10.5. The number of alkyl halides is 1. The van der Waals surface area contributed by atoms with Crippen LogP contribution < -0.4 is 5.32 Å². The molecule has 0 aromatic heterocycles. The highest BCUT2D eigenvalue weighted by Gasteiger charge is 2.05. The molecule has 0 atom stereocenters. The summed E-state index contributed by atoms with van der Waals surface area (Å²) in [6.07, 6.45) is 1.03. The van der Waals surface area contributed by atoms with Crippen LogP contribution in [0.15, 0.2) is 24.3 Å². The van der Waals surface area contributed by atoms with Gasteiger partial charge in [-0.1, -0.05) is 38.1 Å². The fourth-order valence-corrected chi connectivity index (χ4v) is 1.70. The van der Waals surface area contributed by atoms with E-state index in [1.807, 2.05) is 18.2 Å². The van der Waals surface area contributed by atoms with Crippen LogP contribution in [0, 0.1) is 5.92 Å². The first-order chi connectivity index (χ1) is 7.63. The molecule has 0 spiro atoms. The molecule has 0 aliphatic heterocycles. The number of nitrogens with one attached hydrogen (secondary N) is 1. The van der Waals surface area contributed by atoms with Crippen molar-refractivity contribution in [2.45, 2.75) is 26.8 Å². The molecular formula is C13H18ClNO. The highest BCUT2D eigenvalue weighted by atomic mass is 35.5. The number of carbonyl (C=O) groups excluding carboxylic acids is 1. The first-order valence-electron chi connectivity index (χ1n) is 5.53. The average Bonchev–Trinajstić information content (AvgIpc) is 2.26. The number of rotatable bonds is 5. The van der Waals surface area contributed by atoms with Gasteiger partial charge in [0.1, 0.15) is 5.88 Å². The zero-order valence-electron chi connectivity index (χ0n) is 9.79. The van der Waals surface area contributed by atoms with Crippen LogP contribution in [-0.4, -0.2) is 11.8 Å². The highest BCUT2D eigenvalue weighted by Crippen LogP contribution is 2.13. The zero-order chi connectivity index (χ0) is 12.0. The number of carbonyl (C=O) groups is 1. The molecule has 0 bridgehead atoms. The molecule has 3 heteroatoms. The summed E-state index contributed by atoms with van der Waals surface area (Å²) in [5.41, 5.74) is 2.47. The number of hydrogen-bond donors (Lipinski definition) is 1. The molecule has 1 amide bonds. The van der Waals surface area contributed by atoms with Gasteiger partial charge >= 0.3 is 0 Å². The number of amides is 1. The van der Waals surface area contributed by atoms with Crippen molar-refractivity contribution >= 4 is 17.5 Å². The summed E-state index contributed by atoms with van der Waals surface area (Å²) in [7, 11) is 0. The maximum atomic E-state index is 11.1. The molecule has 2 nitrogen and oxygen atoms in total. The summed E-state index contributed by atoms with van der Waals surface area (Å²) in [6, 6.07) is 8.19. The van der Waals surface area contributed by atoms with Crippen molar-refractivity contribution in [1.29, 1.82) is 0 Å². The van der Waals surface area contributed by atoms with Gasteiger partial charge in [0.15, 0.2) is 0 Å². The smallest absolute Gasteiger partial charge is 0.235 e. The minimum Gasteiger partial charge on any atom is -0.351 e. The van der Waals surface area contributed by atoms with E-state index in [9.17, 15) is 4.79 Å². The molecular weight excluding hydrogens is 222 g/mol. The van der Waals surface area contributed by atoms with Gasteiger partial charge in [-0.05, 0) is 23.5 Å². The Morgan fingerprint density at radius 1 is 1.31 bits per heavy atom. The Morgan fingerprint density at radius 2 is 1.94 bits per heavy atom. The quantitative estimate of drug-likeness (QED) is 0.787. The number of benzene rings is 1. The van der Waals surface area contributed by atoms with Crippen LogP contribution in [0.5, 0.6) is 0 Å². The third-order valence-electron chi connectivity index (χ3n) is 2.34. The maximum Gasteiger partial charge on any atom is 0.235 e. The van der Waals surface area contributed by atoms with Crippen LogP contribution in [0.2, 0.25) is 0 Å². The molecule has 1 aromatic rings. The lowest BCUT2D eigenvalue weighted by molar-refractivity contribution is -0.118. The molecule has 88 valence electrons. The Labute approximate surface area is 102 Å². The fraction of sp³-hybridized carbons (Fsp3) is 0.462. The molecule has 1 aromatic carbocycles. The molecule has 0 aliphatic rings. The van der Waals surface area contributed by atoms with Gasteiger partial charge in [0.25, 0.3) is 0 Å². The van der Waals surface area contributed by atoms with Crippen molar-refractivity contribution in [3.63, 3.8) is 0 Å². The lowest BCUT2D eigenvalue weighted by Crippen LogP contribution is -2.24. The van der Waals surface area contributed by atoms with Gasteiger partial charge in [-0.25, -0.2) is 0 Å². The van der Waals surface area contributed by atoms with Crippen molar-refractivity contribution in [3.8, 4) is 0 Å². The summed E-state index contributed by atoms with van der Waals surface area (Å²) in [5, 5.41) is 2.79. The second-order valence-corrected chi connectivity index (χ2v) is 4.54. The number of halogens is 1. The van der Waals surface area contributed by atoms with Crippen molar-refractivity contribution in [1.82, 2.24) is 5.32 Å². The lowest BCUT2D eigenvalue weighted by atomic mass is 9.98. The third kappa shape index (κ3) is 4.23. The van der Waals surface area contributed by atoms with E-state index >= 15 is 0 Å². The Bertz CT molecular complexity index is 350. The van der Waals surface area contributed by atoms with Crippen LogP contribution in [0.3, 0.4) is 0 Å². The Hall–Kier alpha value is -1.02. The Balaban J connectivity index is 2.67. The minimum absolute atomic E-state index is 0.0202. The van der Waals surface area contributed by atoms with E-state index in [1.54, 1.807) is 0 Å². The molecule has 0 heterocycles. The van der Waals surface area contributed by atoms with Crippen LogP contribution in [-0.2, 0) is 17.8 Å². The maximum absolute atomic E-state index is 11.1. The van der Waals surface area contributed by atoms with Crippen LogP contribution in [0.4, 0.5) is 0 Å². The van der Waals surface area contributed by atoms with E-state index in [2.05, 4.69) is 25.2 Å². The highest BCUT2D eigenvalue weighted by molar-refractivity contribution is 6.27. The molecule has 1 rings (SSSR count). The SMILES string of the molecule is CC(C)Cc1ccccc1CNC(=O)CCl. The van der Waals surface area contributed by atoms with Gasteiger partial charge in [0.2, 0.25) is 5.91 Å². The van der Waals surface area contributed by atoms with Gasteiger partial charge in [-0.3, -0.25) is 4.79 Å². The molecule has 0 aliphatic carbocycles. The van der Waals surface area contributed by atoms with Crippen LogP contribution >= 0.6 is 11.6 Å². The van der Waals surface area contributed by atoms with E-state index < -0.39 is 0 Å². The van der Waals surface area contributed by atoms with Gasteiger partial charge in [0.05, 0.1) is 0 Å². The summed E-state index contributed by atoms with van der Waals surface area (Å²) in [4.78, 5) is 11.1. The molecule has 16 heavy (non-hydrogen) atoms. The molecule has 0 saturated carbocycles. The van der Waals surface area contributed by atoms with Crippen molar-refractivity contribution in [2.75, 3.05) is 5.88 Å². The second kappa shape index (κ2) is 6.54. The molecule has 1 N–H and O–H groups in total. The van der Waals surface area contributed by atoms with E-state index in [1.165, 1.54) is 11.1 Å². The van der Waals surface area contributed by atoms with E-state index in [0.29, 0.717) is 12.5 Å². The standard InChI is InChI=1S/C13H18ClNO/c1-10(2)7-11-5-3-4-6-12(11)9-15-13(16)8-14/h3-6,10H,7-9H2,1-2H3,(H,15,16). The van der Waals surface area contributed by atoms with Crippen LogP contribution in [0.1, 0.15) is 25.0 Å².